The standard InChI is InChI=1S/C12H6F3N3O5/c13-12(14,15)6-2-7-8(1-5(6)3-16)18(23-4-9(19)20)11(22)10(21)17-7/h1-2H,4H2,(H,17,21)(H,19,20). The molecule has 0 unspecified atom stereocenters. The third kappa shape index (κ3) is 3.00. The minimum absolute atomic E-state index is 0.239. The number of alkyl halides is 3. The second kappa shape index (κ2) is 5.48. The summed E-state index contributed by atoms with van der Waals surface area (Å²) in [5, 5.41) is 17.4. The van der Waals surface area contributed by atoms with Gasteiger partial charge in [0.15, 0.2) is 0 Å². The van der Waals surface area contributed by atoms with Crippen LogP contribution >= 0.6 is 0 Å². The first kappa shape index (κ1) is 16.1. The number of aliphatic carboxylic acids is 1. The molecular weight excluding hydrogens is 323 g/mol. The maximum Gasteiger partial charge on any atom is 0.417 e. The lowest BCUT2D eigenvalue weighted by atomic mass is 10.1. The van der Waals surface area contributed by atoms with Crippen molar-refractivity contribution in [1.29, 1.82) is 5.26 Å². The van der Waals surface area contributed by atoms with Crippen LogP contribution in [0.2, 0.25) is 0 Å². The zero-order valence-electron chi connectivity index (χ0n) is 11.0. The molecule has 0 bridgehead atoms. The van der Waals surface area contributed by atoms with Crippen molar-refractivity contribution in [3.05, 3.63) is 44.0 Å². The fourth-order valence-corrected chi connectivity index (χ4v) is 1.81. The van der Waals surface area contributed by atoms with E-state index in [0.717, 1.165) is 0 Å². The fraction of sp³-hybridized carbons (Fsp3) is 0.167. The number of H-pyrrole nitrogens is 1. The number of halogens is 3. The Hall–Kier alpha value is -3.29. The molecule has 2 aromatic rings. The summed E-state index contributed by atoms with van der Waals surface area (Å²) in [6.07, 6.45) is -4.86. The molecule has 0 atom stereocenters. The number of aromatic amines is 1. The third-order valence-corrected chi connectivity index (χ3v) is 2.72. The number of rotatable bonds is 3. The molecule has 1 heterocycles. The second-order valence-corrected chi connectivity index (χ2v) is 4.25. The number of fused-ring (bicyclic) bond motifs is 1. The minimum Gasteiger partial charge on any atom is -0.479 e. The van der Waals surface area contributed by atoms with E-state index in [0.29, 0.717) is 12.1 Å². The number of hydrogen-bond acceptors (Lipinski definition) is 5. The van der Waals surface area contributed by atoms with Crippen LogP contribution in [0.4, 0.5) is 13.2 Å². The summed E-state index contributed by atoms with van der Waals surface area (Å²) in [6.45, 7) is -1.01. The quantitative estimate of drug-likeness (QED) is 0.769. The summed E-state index contributed by atoms with van der Waals surface area (Å²) >= 11 is 0. The lowest BCUT2D eigenvalue weighted by Gasteiger charge is -2.13. The summed E-state index contributed by atoms with van der Waals surface area (Å²) in [7, 11) is 0. The van der Waals surface area contributed by atoms with Gasteiger partial charge in [0.05, 0.1) is 22.7 Å². The first-order chi connectivity index (χ1) is 10.6. The van der Waals surface area contributed by atoms with E-state index in [2.05, 4.69) is 4.84 Å². The summed E-state index contributed by atoms with van der Waals surface area (Å²) in [6, 6.07) is 2.47. The lowest BCUT2D eigenvalue weighted by molar-refractivity contribution is -0.142. The number of nitriles is 1. The molecule has 8 nitrogen and oxygen atoms in total. The minimum atomic E-state index is -4.86. The van der Waals surface area contributed by atoms with Gasteiger partial charge in [-0.05, 0) is 12.1 Å². The van der Waals surface area contributed by atoms with Gasteiger partial charge in [-0.25, -0.2) is 4.79 Å². The molecule has 0 spiro atoms. The Bertz CT molecular complexity index is 952. The molecule has 0 saturated heterocycles. The highest BCUT2D eigenvalue weighted by Crippen LogP contribution is 2.33. The molecule has 0 radical (unpaired) electrons. The van der Waals surface area contributed by atoms with Gasteiger partial charge in [0.1, 0.15) is 5.52 Å². The highest BCUT2D eigenvalue weighted by molar-refractivity contribution is 5.78. The molecule has 2 rings (SSSR count). The fourth-order valence-electron chi connectivity index (χ4n) is 1.81. The van der Waals surface area contributed by atoms with Gasteiger partial charge in [0.25, 0.3) is 0 Å². The maximum atomic E-state index is 12.9. The Morgan fingerprint density at radius 2 is 2.04 bits per heavy atom. The monoisotopic (exact) mass is 329 g/mol. The summed E-state index contributed by atoms with van der Waals surface area (Å²) in [4.78, 5) is 40.1. The number of aromatic nitrogens is 2. The molecule has 0 aliphatic carbocycles. The van der Waals surface area contributed by atoms with E-state index in [1.54, 1.807) is 0 Å². The molecule has 0 saturated carbocycles. The van der Waals surface area contributed by atoms with Crippen molar-refractivity contribution in [3.8, 4) is 6.07 Å². The van der Waals surface area contributed by atoms with Crippen molar-refractivity contribution in [1.82, 2.24) is 9.71 Å². The van der Waals surface area contributed by atoms with E-state index in [1.165, 1.54) is 6.07 Å². The Balaban J connectivity index is 2.84. The molecule has 2 N–H and O–H groups in total. The van der Waals surface area contributed by atoms with Crippen molar-refractivity contribution >= 4 is 17.0 Å². The number of benzene rings is 1. The Labute approximate surface area is 123 Å². The highest BCUT2D eigenvalue weighted by Gasteiger charge is 2.34. The Morgan fingerprint density at radius 3 is 2.57 bits per heavy atom. The predicted octanol–water partition coefficient (Wildman–Crippen LogP) is 0.0935. The SMILES string of the molecule is N#Cc1cc2c(cc1C(F)(F)F)[nH]c(=O)c(=O)n2OCC(=O)O. The van der Waals surface area contributed by atoms with Crippen LogP contribution in [-0.2, 0) is 11.0 Å². The van der Waals surface area contributed by atoms with Crippen molar-refractivity contribution in [2.24, 2.45) is 0 Å². The van der Waals surface area contributed by atoms with Gasteiger partial charge in [-0.1, -0.05) is 0 Å². The van der Waals surface area contributed by atoms with Crippen LogP contribution in [0.1, 0.15) is 11.1 Å². The largest absolute Gasteiger partial charge is 0.479 e. The molecular formula is C12H6F3N3O5. The van der Waals surface area contributed by atoms with Crippen LogP contribution in [0.25, 0.3) is 11.0 Å². The smallest absolute Gasteiger partial charge is 0.417 e. The summed E-state index contributed by atoms with van der Waals surface area (Å²) < 4.78 is 38.9. The summed E-state index contributed by atoms with van der Waals surface area (Å²) in [5.74, 6) is -1.47. The van der Waals surface area contributed by atoms with Crippen molar-refractivity contribution < 1.29 is 27.9 Å². The van der Waals surface area contributed by atoms with Crippen LogP contribution in [-0.4, -0.2) is 27.4 Å². The van der Waals surface area contributed by atoms with E-state index in [1.807, 2.05) is 4.98 Å². The number of carbonyl (C=O) groups is 1. The predicted molar refractivity (Wildman–Crippen MR) is 67.6 cm³/mol. The zero-order valence-corrected chi connectivity index (χ0v) is 11.0. The number of nitrogens with one attached hydrogen (secondary N) is 1. The maximum absolute atomic E-state index is 12.9. The van der Waals surface area contributed by atoms with Gasteiger partial charge in [-0.2, -0.15) is 18.4 Å². The van der Waals surface area contributed by atoms with Crippen LogP contribution in [0, 0.1) is 11.3 Å². The Kier molecular flexibility index (Phi) is 3.84. The molecule has 0 fully saturated rings. The molecule has 1 aromatic carbocycles. The molecule has 23 heavy (non-hydrogen) atoms. The van der Waals surface area contributed by atoms with Gasteiger partial charge in [0.2, 0.25) is 6.61 Å². The normalized spacial score (nSPS) is 11.2. The van der Waals surface area contributed by atoms with E-state index < -0.39 is 46.5 Å². The van der Waals surface area contributed by atoms with E-state index in [9.17, 15) is 27.6 Å². The van der Waals surface area contributed by atoms with Crippen molar-refractivity contribution in [2.45, 2.75) is 6.18 Å². The number of nitrogens with zero attached hydrogens (tertiary/aromatic N) is 2. The first-order valence-electron chi connectivity index (χ1n) is 5.80. The molecule has 120 valence electrons. The van der Waals surface area contributed by atoms with E-state index in [-0.39, 0.29) is 10.2 Å². The second-order valence-electron chi connectivity index (χ2n) is 4.25. The molecule has 11 heteroatoms. The van der Waals surface area contributed by atoms with Crippen LogP contribution in [0.5, 0.6) is 0 Å². The molecule has 0 aliphatic rings. The molecule has 0 amide bonds. The Morgan fingerprint density at radius 1 is 1.39 bits per heavy atom. The van der Waals surface area contributed by atoms with Crippen LogP contribution in [0.3, 0.4) is 0 Å². The van der Waals surface area contributed by atoms with Crippen molar-refractivity contribution in [3.63, 3.8) is 0 Å². The average molecular weight is 329 g/mol. The van der Waals surface area contributed by atoms with Gasteiger partial charge in [0, 0.05) is 0 Å². The van der Waals surface area contributed by atoms with Gasteiger partial charge >= 0.3 is 23.3 Å². The average Bonchev–Trinajstić information content (AvgIpc) is 2.45. The topological polar surface area (TPSA) is 125 Å². The number of hydrogen-bond donors (Lipinski definition) is 2. The summed E-state index contributed by atoms with van der Waals surface area (Å²) in [5.41, 5.74) is -5.58. The highest BCUT2D eigenvalue weighted by atomic mass is 19.4. The van der Waals surface area contributed by atoms with Crippen molar-refractivity contribution in [2.75, 3.05) is 6.61 Å². The zero-order chi connectivity index (χ0) is 17.4. The number of carboxylic acids is 1. The van der Waals surface area contributed by atoms with E-state index >= 15 is 0 Å². The molecule has 0 aliphatic heterocycles. The van der Waals surface area contributed by atoms with Gasteiger partial charge < -0.3 is 14.9 Å². The van der Waals surface area contributed by atoms with Crippen LogP contribution < -0.4 is 16.0 Å². The van der Waals surface area contributed by atoms with Crippen LogP contribution in [0.15, 0.2) is 21.7 Å². The van der Waals surface area contributed by atoms with E-state index in [4.69, 9.17) is 10.4 Å². The van der Waals surface area contributed by atoms with Gasteiger partial charge in [-0.15, -0.1) is 4.73 Å². The van der Waals surface area contributed by atoms with Gasteiger partial charge in [-0.3, -0.25) is 9.59 Å². The molecule has 1 aromatic heterocycles. The first-order valence-corrected chi connectivity index (χ1v) is 5.80. The number of carboxylic acid groups (broad SMARTS) is 1. The third-order valence-electron chi connectivity index (χ3n) is 2.72. The lowest BCUT2D eigenvalue weighted by Crippen LogP contribution is -2.41.